The third kappa shape index (κ3) is 3.62. The van der Waals surface area contributed by atoms with Crippen molar-refractivity contribution in [3.63, 3.8) is 0 Å². The maximum absolute atomic E-state index is 5.89. The summed E-state index contributed by atoms with van der Waals surface area (Å²) in [5.74, 6) is 0.812. The van der Waals surface area contributed by atoms with Crippen molar-refractivity contribution in [3.05, 3.63) is 89.6 Å². The largest absolute Gasteiger partial charge is 0.489 e. The standard InChI is InChI=1S/C21H15ClN2O/c22-17-9-5-15(6-10-17)14-25-18-11-7-16(8-12-18)21-13-23-19-3-1-2-4-20(19)24-21/h1-13H,14H2. The Morgan fingerprint density at radius 2 is 1.52 bits per heavy atom. The Balaban J connectivity index is 1.49. The molecule has 1 aromatic heterocycles. The number of fused-ring (bicyclic) bond motifs is 1. The molecule has 0 aliphatic rings. The molecule has 0 N–H and O–H groups in total. The van der Waals surface area contributed by atoms with Gasteiger partial charge in [0.1, 0.15) is 12.4 Å². The first kappa shape index (κ1) is 15.6. The zero-order valence-corrected chi connectivity index (χ0v) is 14.1. The van der Waals surface area contributed by atoms with Gasteiger partial charge in [0.2, 0.25) is 0 Å². The topological polar surface area (TPSA) is 35.0 Å². The van der Waals surface area contributed by atoms with Crippen LogP contribution in [0.2, 0.25) is 5.02 Å². The molecule has 0 bridgehead atoms. The van der Waals surface area contributed by atoms with E-state index in [-0.39, 0.29) is 0 Å². The average molecular weight is 347 g/mol. The van der Waals surface area contributed by atoms with Crippen LogP contribution in [-0.2, 0) is 6.61 Å². The van der Waals surface area contributed by atoms with Crippen molar-refractivity contribution in [3.8, 4) is 17.0 Å². The van der Waals surface area contributed by atoms with Crippen molar-refractivity contribution < 1.29 is 4.74 Å². The highest BCUT2D eigenvalue weighted by atomic mass is 35.5. The molecule has 122 valence electrons. The highest BCUT2D eigenvalue weighted by molar-refractivity contribution is 6.30. The molecule has 0 fully saturated rings. The van der Waals surface area contributed by atoms with Gasteiger partial charge in [0.15, 0.2) is 0 Å². The molecule has 0 aliphatic carbocycles. The molecule has 0 saturated carbocycles. The van der Waals surface area contributed by atoms with Crippen molar-refractivity contribution in [2.75, 3.05) is 0 Å². The zero-order chi connectivity index (χ0) is 17.1. The van der Waals surface area contributed by atoms with Crippen LogP contribution in [0.5, 0.6) is 5.75 Å². The van der Waals surface area contributed by atoms with E-state index in [0.29, 0.717) is 6.61 Å². The first-order valence-electron chi connectivity index (χ1n) is 7.97. The molecule has 0 radical (unpaired) electrons. The molecule has 4 rings (SSSR count). The van der Waals surface area contributed by atoms with E-state index in [2.05, 4.69) is 9.97 Å². The highest BCUT2D eigenvalue weighted by Gasteiger charge is 2.03. The fourth-order valence-electron chi connectivity index (χ4n) is 2.57. The van der Waals surface area contributed by atoms with Gasteiger partial charge in [0.05, 0.1) is 22.9 Å². The fourth-order valence-corrected chi connectivity index (χ4v) is 2.69. The second-order valence-corrected chi connectivity index (χ2v) is 6.12. The van der Waals surface area contributed by atoms with Gasteiger partial charge in [-0.3, -0.25) is 4.98 Å². The Bertz CT molecular complexity index is 998. The molecule has 1 heterocycles. The Labute approximate surface area is 150 Å². The molecule has 0 aliphatic heterocycles. The van der Waals surface area contributed by atoms with E-state index < -0.39 is 0 Å². The van der Waals surface area contributed by atoms with E-state index in [0.717, 1.165) is 38.6 Å². The summed E-state index contributed by atoms with van der Waals surface area (Å²) in [6.45, 7) is 0.506. The van der Waals surface area contributed by atoms with Crippen LogP contribution in [0.25, 0.3) is 22.3 Å². The van der Waals surface area contributed by atoms with E-state index in [1.165, 1.54) is 0 Å². The van der Waals surface area contributed by atoms with Gasteiger partial charge in [0, 0.05) is 10.6 Å². The van der Waals surface area contributed by atoms with Crippen molar-refractivity contribution in [1.82, 2.24) is 9.97 Å². The van der Waals surface area contributed by atoms with Crippen LogP contribution in [0.15, 0.2) is 79.0 Å². The molecule has 25 heavy (non-hydrogen) atoms. The molecule has 0 amide bonds. The lowest BCUT2D eigenvalue weighted by molar-refractivity contribution is 0.306. The third-order valence-electron chi connectivity index (χ3n) is 3.92. The molecular weight excluding hydrogens is 332 g/mol. The van der Waals surface area contributed by atoms with Gasteiger partial charge in [-0.2, -0.15) is 0 Å². The summed E-state index contributed by atoms with van der Waals surface area (Å²) < 4.78 is 5.81. The van der Waals surface area contributed by atoms with Crippen LogP contribution in [0, 0.1) is 0 Å². The first-order valence-corrected chi connectivity index (χ1v) is 8.35. The smallest absolute Gasteiger partial charge is 0.119 e. The minimum atomic E-state index is 0.506. The highest BCUT2D eigenvalue weighted by Crippen LogP contribution is 2.22. The van der Waals surface area contributed by atoms with Gasteiger partial charge in [-0.25, -0.2) is 4.98 Å². The number of halogens is 1. The van der Waals surface area contributed by atoms with Gasteiger partial charge < -0.3 is 4.74 Å². The number of nitrogens with zero attached hydrogens (tertiary/aromatic N) is 2. The number of ether oxygens (including phenoxy) is 1. The Morgan fingerprint density at radius 1 is 0.800 bits per heavy atom. The lowest BCUT2D eigenvalue weighted by atomic mass is 10.1. The van der Waals surface area contributed by atoms with Gasteiger partial charge in [-0.1, -0.05) is 35.9 Å². The van der Waals surface area contributed by atoms with Crippen LogP contribution in [-0.4, -0.2) is 9.97 Å². The molecule has 0 saturated heterocycles. The zero-order valence-electron chi connectivity index (χ0n) is 13.4. The molecule has 4 heteroatoms. The summed E-state index contributed by atoms with van der Waals surface area (Å²) in [6.07, 6.45) is 1.80. The average Bonchev–Trinajstić information content (AvgIpc) is 2.68. The number of benzene rings is 3. The maximum atomic E-state index is 5.89. The minimum Gasteiger partial charge on any atom is -0.489 e. The summed E-state index contributed by atoms with van der Waals surface area (Å²) in [5, 5.41) is 0.726. The summed E-state index contributed by atoms with van der Waals surface area (Å²) in [7, 11) is 0. The second-order valence-electron chi connectivity index (χ2n) is 5.68. The summed E-state index contributed by atoms with van der Waals surface area (Å²) in [5.41, 5.74) is 4.73. The molecule has 3 nitrogen and oxygen atoms in total. The lowest BCUT2D eigenvalue weighted by Gasteiger charge is -2.08. The number of rotatable bonds is 4. The van der Waals surface area contributed by atoms with Crippen LogP contribution in [0.1, 0.15) is 5.56 Å². The quantitative estimate of drug-likeness (QED) is 0.487. The molecule has 0 spiro atoms. The van der Waals surface area contributed by atoms with Crippen LogP contribution < -0.4 is 4.74 Å². The summed E-state index contributed by atoms with van der Waals surface area (Å²) >= 11 is 5.89. The Kier molecular flexibility index (Phi) is 4.32. The number of para-hydroxylation sites is 2. The first-order chi connectivity index (χ1) is 12.3. The monoisotopic (exact) mass is 346 g/mol. The molecule has 0 atom stereocenters. The van der Waals surface area contributed by atoms with Crippen molar-refractivity contribution in [2.24, 2.45) is 0 Å². The lowest BCUT2D eigenvalue weighted by Crippen LogP contribution is -1.95. The predicted octanol–water partition coefficient (Wildman–Crippen LogP) is 5.53. The van der Waals surface area contributed by atoms with Crippen LogP contribution in [0.3, 0.4) is 0 Å². The van der Waals surface area contributed by atoms with E-state index in [1.54, 1.807) is 6.20 Å². The molecule has 3 aromatic carbocycles. The summed E-state index contributed by atoms with van der Waals surface area (Å²) in [6, 6.07) is 23.4. The number of aromatic nitrogens is 2. The predicted molar refractivity (Wildman–Crippen MR) is 101 cm³/mol. The van der Waals surface area contributed by atoms with E-state index in [4.69, 9.17) is 16.3 Å². The third-order valence-corrected chi connectivity index (χ3v) is 4.17. The van der Waals surface area contributed by atoms with E-state index in [1.807, 2.05) is 72.8 Å². The van der Waals surface area contributed by atoms with Crippen molar-refractivity contribution in [2.45, 2.75) is 6.61 Å². The molecular formula is C21H15ClN2O. The Morgan fingerprint density at radius 3 is 2.28 bits per heavy atom. The number of hydrogen-bond donors (Lipinski definition) is 0. The van der Waals surface area contributed by atoms with Crippen molar-refractivity contribution >= 4 is 22.6 Å². The second kappa shape index (κ2) is 6.91. The Hall–Kier alpha value is -2.91. The van der Waals surface area contributed by atoms with Crippen LogP contribution >= 0.6 is 11.6 Å². The number of hydrogen-bond acceptors (Lipinski definition) is 3. The van der Waals surface area contributed by atoms with Crippen LogP contribution in [0.4, 0.5) is 0 Å². The van der Waals surface area contributed by atoms with Gasteiger partial charge in [0.25, 0.3) is 0 Å². The SMILES string of the molecule is Clc1ccc(COc2ccc(-c3cnc4ccccc4n3)cc2)cc1. The van der Waals surface area contributed by atoms with Gasteiger partial charge >= 0.3 is 0 Å². The fraction of sp³-hybridized carbons (Fsp3) is 0.0476. The molecule has 0 unspecified atom stereocenters. The van der Waals surface area contributed by atoms with E-state index >= 15 is 0 Å². The minimum absolute atomic E-state index is 0.506. The maximum Gasteiger partial charge on any atom is 0.119 e. The summed E-state index contributed by atoms with van der Waals surface area (Å²) in [4.78, 5) is 9.12. The van der Waals surface area contributed by atoms with Gasteiger partial charge in [-0.05, 0) is 54.1 Å². The van der Waals surface area contributed by atoms with Crippen molar-refractivity contribution in [1.29, 1.82) is 0 Å². The van der Waals surface area contributed by atoms with E-state index in [9.17, 15) is 0 Å². The normalized spacial score (nSPS) is 10.8. The molecule has 4 aromatic rings. The van der Waals surface area contributed by atoms with Gasteiger partial charge in [-0.15, -0.1) is 0 Å².